The van der Waals surface area contributed by atoms with Crippen LogP contribution in [-0.4, -0.2) is 11.1 Å². The van der Waals surface area contributed by atoms with Crippen molar-refractivity contribution in [1.29, 1.82) is 0 Å². The van der Waals surface area contributed by atoms with Gasteiger partial charge in [0.25, 0.3) is 0 Å². The molecule has 2 aromatic rings. The number of hydrogen-bond acceptors (Lipinski definition) is 2. The van der Waals surface area contributed by atoms with E-state index in [9.17, 15) is 0 Å². The van der Waals surface area contributed by atoms with Crippen molar-refractivity contribution >= 4 is 11.3 Å². The highest BCUT2D eigenvalue weighted by Gasteiger charge is 1.96. The van der Waals surface area contributed by atoms with Crippen molar-refractivity contribution in [2.45, 2.75) is 13.0 Å². The summed E-state index contributed by atoms with van der Waals surface area (Å²) in [6, 6.07) is 6.42. The van der Waals surface area contributed by atoms with Gasteiger partial charge in [0, 0.05) is 25.5 Å². The Morgan fingerprint density at radius 1 is 1.40 bits per heavy atom. The van der Waals surface area contributed by atoms with Gasteiger partial charge in [0.15, 0.2) is 0 Å². The minimum Gasteiger partial charge on any atom is -0.353 e. The van der Waals surface area contributed by atoms with Crippen LogP contribution in [0, 0.1) is 0 Å². The molecular weight excluding hydrogens is 204 g/mol. The summed E-state index contributed by atoms with van der Waals surface area (Å²) in [4.78, 5) is 0. The van der Waals surface area contributed by atoms with Gasteiger partial charge in [0.1, 0.15) is 0 Å². The Labute approximate surface area is 94.6 Å². The molecule has 0 aliphatic carbocycles. The number of hydrogen-bond donors (Lipinski definition) is 1. The second kappa shape index (κ2) is 5.14. The molecule has 0 aromatic carbocycles. The second-order valence-corrected chi connectivity index (χ2v) is 4.45. The van der Waals surface area contributed by atoms with Crippen LogP contribution in [0.15, 0.2) is 35.2 Å². The molecule has 0 aliphatic heterocycles. The molecule has 0 spiro atoms. The molecule has 0 bridgehead atoms. The highest BCUT2D eigenvalue weighted by atomic mass is 32.1. The molecule has 2 heterocycles. The van der Waals surface area contributed by atoms with Crippen molar-refractivity contribution in [1.82, 2.24) is 9.88 Å². The number of rotatable bonds is 5. The van der Waals surface area contributed by atoms with Gasteiger partial charge >= 0.3 is 0 Å². The molecule has 0 fully saturated rings. The van der Waals surface area contributed by atoms with E-state index in [-0.39, 0.29) is 0 Å². The fourth-order valence-electron chi connectivity index (χ4n) is 1.56. The summed E-state index contributed by atoms with van der Waals surface area (Å²) in [6.07, 6.45) is 3.20. The molecule has 0 atom stereocenters. The normalized spacial score (nSPS) is 10.7. The Hall–Kier alpha value is -1.06. The van der Waals surface area contributed by atoms with Gasteiger partial charge in [-0.05, 0) is 47.5 Å². The first-order valence-electron chi connectivity index (χ1n) is 5.18. The largest absolute Gasteiger partial charge is 0.353 e. The number of aromatic nitrogens is 1. The maximum Gasteiger partial charge on any atom is 0.0359 e. The summed E-state index contributed by atoms with van der Waals surface area (Å²) in [5.74, 6) is 0. The number of aryl methyl sites for hydroxylation is 1. The third-order valence-electron chi connectivity index (χ3n) is 2.53. The highest BCUT2D eigenvalue weighted by Crippen LogP contribution is 2.06. The molecule has 15 heavy (non-hydrogen) atoms. The van der Waals surface area contributed by atoms with Crippen LogP contribution >= 0.6 is 11.3 Å². The first-order chi connectivity index (χ1) is 7.36. The minimum atomic E-state index is 0.952. The Kier molecular flexibility index (Phi) is 3.59. The monoisotopic (exact) mass is 220 g/mol. The van der Waals surface area contributed by atoms with Gasteiger partial charge in [-0.15, -0.1) is 0 Å². The average Bonchev–Trinajstić information content (AvgIpc) is 2.85. The van der Waals surface area contributed by atoms with Gasteiger partial charge in [0.05, 0.1) is 0 Å². The lowest BCUT2D eigenvalue weighted by Gasteiger charge is -2.05. The quantitative estimate of drug-likeness (QED) is 0.766. The van der Waals surface area contributed by atoms with Crippen molar-refractivity contribution in [3.05, 3.63) is 46.4 Å². The van der Waals surface area contributed by atoms with Crippen LogP contribution in [0.1, 0.15) is 11.3 Å². The number of nitrogens with one attached hydrogen (secondary N) is 1. The zero-order valence-corrected chi connectivity index (χ0v) is 9.76. The third-order valence-corrected chi connectivity index (χ3v) is 3.26. The van der Waals surface area contributed by atoms with Gasteiger partial charge in [-0.2, -0.15) is 11.3 Å². The van der Waals surface area contributed by atoms with Gasteiger partial charge in [0.2, 0.25) is 0 Å². The molecule has 0 saturated heterocycles. The zero-order chi connectivity index (χ0) is 10.5. The topological polar surface area (TPSA) is 17.0 Å². The Morgan fingerprint density at radius 3 is 3.00 bits per heavy atom. The lowest BCUT2D eigenvalue weighted by atomic mass is 10.2. The van der Waals surface area contributed by atoms with Crippen molar-refractivity contribution in [3.8, 4) is 0 Å². The molecule has 2 rings (SSSR count). The third kappa shape index (κ3) is 2.94. The fraction of sp³-hybridized carbons (Fsp3) is 0.333. The predicted octanol–water partition coefficient (Wildman–Crippen LogP) is 2.42. The van der Waals surface area contributed by atoms with Gasteiger partial charge in [-0.25, -0.2) is 0 Å². The highest BCUT2D eigenvalue weighted by molar-refractivity contribution is 7.07. The van der Waals surface area contributed by atoms with E-state index < -0.39 is 0 Å². The zero-order valence-electron chi connectivity index (χ0n) is 8.94. The molecule has 0 aliphatic rings. The van der Waals surface area contributed by atoms with Crippen molar-refractivity contribution < 1.29 is 0 Å². The van der Waals surface area contributed by atoms with Crippen LogP contribution in [0.4, 0.5) is 0 Å². The van der Waals surface area contributed by atoms with Crippen LogP contribution in [0.25, 0.3) is 0 Å². The summed E-state index contributed by atoms with van der Waals surface area (Å²) >= 11 is 1.77. The lowest BCUT2D eigenvalue weighted by molar-refractivity contribution is 0.653. The molecule has 80 valence electrons. The Bertz CT molecular complexity index is 389. The predicted molar refractivity (Wildman–Crippen MR) is 65.1 cm³/mol. The smallest absolute Gasteiger partial charge is 0.0359 e. The fourth-order valence-corrected chi connectivity index (χ4v) is 2.27. The van der Waals surface area contributed by atoms with E-state index in [0.29, 0.717) is 0 Å². The van der Waals surface area contributed by atoms with E-state index in [4.69, 9.17) is 0 Å². The molecule has 1 N–H and O–H groups in total. The summed E-state index contributed by atoms with van der Waals surface area (Å²) in [7, 11) is 2.08. The minimum absolute atomic E-state index is 0.952. The van der Waals surface area contributed by atoms with E-state index in [0.717, 1.165) is 19.5 Å². The van der Waals surface area contributed by atoms with Crippen molar-refractivity contribution in [2.24, 2.45) is 7.05 Å². The van der Waals surface area contributed by atoms with E-state index in [1.807, 2.05) is 0 Å². The summed E-state index contributed by atoms with van der Waals surface area (Å²) in [5.41, 5.74) is 2.76. The Balaban J connectivity index is 1.70. The standard InChI is InChI=1S/C12H16N2S/c1-14-7-2-3-12(14)9-13-6-4-11-5-8-15-10-11/h2-3,5,7-8,10,13H,4,6,9H2,1H3. The first-order valence-corrected chi connectivity index (χ1v) is 6.12. The van der Waals surface area contributed by atoms with E-state index in [1.165, 1.54) is 11.3 Å². The van der Waals surface area contributed by atoms with Crippen molar-refractivity contribution in [3.63, 3.8) is 0 Å². The van der Waals surface area contributed by atoms with Crippen LogP contribution in [0.3, 0.4) is 0 Å². The molecular formula is C12H16N2S. The SMILES string of the molecule is Cn1cccc1CNCCc1ccsc1. The second-order valence-electron chi connectivity index (χ2n) is 3.67. The van der Waals surface area contributed by atoms with Crippen LogP contribution < -0.4 is 5.32 Å². The number of nitrogens with zero attached hydrogens (tertiary/aromatic N) is 1. The average molecular weight is 220 g/mol. The van der Waals surface area contributed by atoms with E-state index in [1.54, 1.807) is 11.3 Å². The van der Waals surface area contributed by atoms with E-state index in [2.05, 4.69) is 52.1 Å². The lowest BCUT2D eigenvalue weighted by Crippen LogP contribution is -2.17. The molecule has 0 radical (unpaired) electrons. The van der Waals surface area contributed by atoms with Gasteiger partial charge < -0.3 is 9.88 Å². The maximum absolute atomic E-state index is 3.45. The summed E-state index contributed by atoms with van der Waals surface area (Å²) in [6.45, 7) is 2.00. The van der Waals surface area contributed by atoms with Gasteiger partial charge in [-0.3, -0.25) is 0 Å². The van der Waals surface area contributed by atoms with Crippen LogP contribution in [0.5, 0.6) is 0 Å². The van der Waals surface area contributed by atoms with Crippen LogP contribution in [0.2, 0.25) is 0 Å². The van der Waals surface area contributed by atoms with E-state index >= 15 is 0 Å². The molecule has 2 nitrogen and oxygen atoms in total. The first kappa shape index (κ1) is 10.5. The maximum atomic E-state index is 3.45. The van der Waals surface area contributed by atoms with Gasteiger partial charge in [-0.1, -0.05) is 0 Å². The Morgan fingerprint density at radius 2 is 2.33 bits per heavy atom. The van der Waals surface area contributed by atoms with Crippen molar-refractivity contribution in [2.75, 3.05) is 6.54 Å². The molecule has 3 heteroatoms. The summed E-state index contributed by atoms with van der Waals surface area (Å²) in [5, 5.41) is 7.79. The molecule has 0 saturated carbocycles. The molecule has 0 unspecified atom stereocenters. The molecule has 0 amide bonds. The number of thiophene rings is 1. The summed E-state index contributed by atoms with van der Waals surface area (Å²) < 4.78 is 2.15. The van der Waals surface area contributed by atoms with Crippen LogP contribution in [-0.2, 0) is 20.0 Å². The molecule has 2 aromatic heterocycles.